The third kappa shape index (κ3) is 1.94. The predicted octanol–water partition coefficient (Wildman–Crippen LogP) is 1.85. The summed E-state index contributed by atoms with van der Waals surface area (Å²) in [5, 5.41) is 6.60. The second kappa shape index (κ2) is 4.34. The molecule has 0 aromatic heterocycles. The minimum absolute atomic E-state index is 0.203. The molecule has 5 rings (SSSR count). The van der Waals surface area contributed by atoms with Gasteiger partial charge in [-0.25, -0.2) is 0 Å². The molecule has 19 heavy (non-hydrogen) atoms. The van der Waals surface area contributed by atoms with Gasteiger partial charge in [-0.2, -0.15) is 0 Å². The van der Waals surface area contributed by atoms with Gasteiger partial charge >= 0.3 is 0 Å². The molecule has 0 spiro atoms. The second-order valence-corrected chi connectivity index (χ2v) is 7.26. The van der Waals surface area contributed by atoms with Crippen LogP contribution in [0.1, 0.15) is 39.0 Å². The summed E-state index contributed by atoms with van der Waals surface area (Å²) in [6.07, 6.45) is 6.96. The maximum absolute atomic E-state index is 12.4. The lowest BCUT2D eigenvalue weighted by atomic mass is 9.54. The van der Waals surface area contributed by atoms with Crippen LogP contribution in [0, 0.1) is 23.7 Å². The van der Waals surface area contributed by atoms with Gasteiger partial charge in [0, 0.05) is 24.7 Å². The van der Waals surface area contributed by atoms with Crippen LogP contribution in [0.25, 0.3) is 0 Å². The smallest absolute Gasteiger partial charge is 0.247 e. The van der Waals surface area contributed by atoms with Gasteiger partial charge in [-0.15, -0.1) is 0 Å². The number of hydrogen-bond donors (Lipinski definition) is 2. The second-order valence-electron chi connectivity index (χ2n) is 7.26. The molecule has 1 heterocycles. The van der Waals surface area contributed by atoms with Crippen molar-refractivity contribution in [3.63, 3.8) is 0 Å². The van der Waals surface area contributed by atoms with Crippen molar-refractivity contribution in [3.8, 4) is 0 Å². The Hall–Kier alpha value is -0.830. The van der Waals surface area contributed by atoms with Crippen molar-refractivity contribution in [3.05, 3.63) is 11.1 Å². The molecular weight excluding hydrogens is 236 g/mol. The van der Waals surface area contributed by atoms with E-state index in [1.165, 1.54) is 37.7 Å². The molecule has 0 unspecified atom stereocenters. The van der Waals surface area contributed by atoms with Crippen molar-refractivity contribution in [2.45, 2.75) is 45.1 Å². The minimum Gasteiger partial charge on any atom is -0.349 e. The van der Waals surface area contributed by atoms with Crippen molar-refractivity contribution >= 4 is 5.91 Å². The molecule has 4 bridgehead atoms. The average molecular weight is 260 g/mol. The van der Waals surface area contributed by atoms with Crippen LogP contribution in [-0.2, 0) is 4.79 Å². The monoisotopic (exact) mass is 260 g/mol. The molecule has 0 aromatic carbocycles. The highest BCUT2D eigenvalue weighted by atomic mass is 16.1. The van der Waals surface area contributed by atoms with Crippen LogP contribution >= 0.6 is 0 Å². The summed E-state index contributed by atoms with van der Waals surface area (Å²) in [6.45, 7) is 3.80. The first-order chi connectivity index (χ1) is 9.20. The van der Waals surface area contributed by atoms with Gasteiger partial charge in [0.05, 0.1) is 0 Å². The van der Waals surface area contributed by atoms with E-state index in [-0.39, 0.29) is 5.91 Å². The van der Waals surface area contributed by atoms with Crippen molar-refractivity contribution in [2.24, 2.45) is 23.7 Å². The third-order valence-corrected chi connectivity index (χ3v) is 6.07. The molecule has 0 radical (unpaired) electrons. The van der Waals surface area contributed by atoms with Crippen LogP contribution in [0.2, 0.25) is 0 Å². The summed E-state index contributed by atoms with van der Waals surface area (Å²) >= 11 is 0. The van der Waals surface area contributed by atoms with E-state index >= 15 is 0 Å². The van der Waals surface area contributed by atoms with Crippen LogP contribution in [0.15, 0.2) is 11.1 Å². The fourth-order valence-corrected chi connectivity index (χ4v) is 5.10. The van der Waals surface area contributed by atoms with E-state index in [2.05, 4.69) is 10.6 Å². The lowest BCUT2D eigenvalue weighted by molar-refractivity contribution is -0.121. The first-order valence-electron chi connectivity index (χ1n) is 7.91. The molecule has 2 N–H and O–H groups in total. The molecule has 0 aromatic rings. The zero-order chi connectivity index (χ0) is 13.0. The van der Waals surface area contributed by atoms with Crippen molar-refractivity contribution in [1.29, 1.82) is 0 Å². The molecule has 4 aliphatic carbocycles. The summed E-state index contributed by atoms with van der Waals surface area (Å²) in [5.41, 5.74) is 2.26. The molecule has 1 saturated heterocycles. The van der Waals surface area contributed by atoms with Gasteiger partial charge in [-0.05, 0) is 68.3 Å². The van der Waals surface area contributed by atoms with Gasteiger partial charge in [-0.1, -0.05) is 0 Å². The number of amides is 1. The Bertz CT molecular complexity index is 406. The minimum atomic E-state index is 0.203. The lowest BCUT2D eigenvalue weighted by Gasteiger charge is -2.54. The van der Waals surface area contributed by atoms with E-state index in [1.807, 2.05) is 6.92 Å². The van der Waals surface area contributed by atoms with E-state index in [0.717, 1.165) is 42.3 Å². The molecule has 0 atom stereocenters. The van der Waals surface area contributed by atoms with Crippen LogP contribution in [0.4, 0.5) is 0 Å². The Balaban J connectivity index is 1.47. The topological polar surface area (TPSA) is 41.1 Å². The maximum atomic E-state index is 12.4. The summed E-state index contributed by atoms with van der Waals surface area (Å²) in [7, 11) is 0. The number of carbonyl (C=O) groups excluding carboxylic acids is 1. The van der Waals surface area contributed by atoms with E-state index in [0.29, 0.717) is 6.04 Å². The lowest BCUT2D eigenvalue weighted by Crippen LogP contribution is -2.56. The van der Waals surface area contributed by atoms with E-state index in [1.54, 1.807) is 0 Å². The van der Waals surface area contributed by atoms with Gasteiger partial charge in [0.1, 0.15) is 0 Å². The summed E-state index contributed by atoms with van der Waals surface area (Å²) < 4.78 is 0. The van der Waals surface area contributed by atoms with E-state index < -0.39 is 0 Å². The largest absolute Gasteiger partial charge is 0.349 e. The first-order valence-corrected chi connectivity index (χ1v) is 7.91. The van der Waals surface area contributed by atoms with Crippen molar-refractivity contribution in [1.82, 2.24) is 10.6 Å². The van der Waals surface area contributed by atoms with E-state index in [9.17, 15) is 4.79 Å². The molecule has 1 amide bonds. The summed E-state index contributed by atoms with van der Waals surface area (Å²) in [5.74, 6) is 3.71. The van der Waals surface area contributed by atoms with Crippen molar-refractivity contribution < 1.29 is 4.79 Å². The highest BCUT2D eigenvalue weighted by Gasteiger charge is 2.48. The number of carbonyl (C=O) groups is 1. The molecule has 3 heteroatoms. The van der Waals surface area contributed by atoms with Gasteiger partial charge in [-0.3, -0.25) is 4.79 Å². The molecular formula is C16H24N2O. The zero-order valence-corrected chi connectivity index (χ0v) is 11.7. The summed E-state index contributed by atoms with van der Waals surface area (Å²) in [4.78, 5) is 12.4. The number of rotatable bonds is 2. The zero-order valence-electron chi connectivity index (χ0n) is 11.7. The molecule has 104 valence electrons. The van der Waals surface area contributed by atoms with Crippen molar-refractivity contribution in [2.75, 3.05) is 13.1 Å². The molecule has 4 saturated carbocycles. The molecule has 5 aliphatic rings. The Morgan fingerprint density at radius 3 is 2.11 bits per heavy atom. The standard InChI is InChI=1S/C16H24N2O/c1-9(14-7-17-8-14)16(19)18-15-12-3-10-2-11(5-12)6-13(15)4-10/h10-13,15,17H,2-8H2,1H3,(H,18,19). The van der Waals surface area contributed by atoms with Crippen LogP contribution in [0.3, 0.4) is 0 Å². The van der Waals surface area contributed by atoms with Gasteiger partial charge in [0.2, 0.25) is 5.91 Å². The number of hydrogen-bond acceptors (Lipinski definition) is 2. The quantitative estimate of drug-likeness (QED) is 0.744. The maximum Gasteiger partial charge on any atom is 0.247 e. The van der Waals surface area contributed by atoms with Gasteiger partial charge in [0.15, 0.2) is 0 Å². The Morgan fingerprint density at radius 2 is 1.63 bits per heavy atom. The predicted molar refractivity (Wildman–Crippen MR) is 74.5 cm³/mol. The highest BCUT2D eigenvalue weighted by Crippen LogP contribution is 2.53. The molecule has 5 fully saturated rings. The SMILES string of the molecule is CC(C(=O)NC1C2CC3CC(C2)CC1C3)=C1CNC1. The van der Waals surface area contributed by atoms with E-state index in [4.69, 9.17) is 0 Å². The summed E-state index contributed by atoms with van der Waals surface area (Å²) in [6, 6.07) is 0.476. The van der Waals surface area contributed by atoms with Crippen LogP contribution in [-0.4, -0.2) is 25.0 Å². The molecule has 1 aliphatic heterocycles. The highest BCUT2D eigenvalue weighted by molar-refractivity contribution is 5.94. The van der Waals surface area contributed by atoms with Crippen LogP contribution < -0.4 is 10.6 Å². The van der Waals surface area contributed by atoms with Gasteiger partial charge < -0.3 is 10.6 Å². The first kappa shape index (κ1) is 12.0. The Kier molecular flexibility index (Phi) is 2.73. The molecule has 3 nitrogen and oxygen atoms in total. The Labute approximate surface area is 115 Å². The Morgan fingerprint density at radius 1 is 1.05 bits per heavy atom. The fraction of sp³-hybridized carbons (Fsp3) is 0.812. The van der Waals surface area contributed by atoms with Crippen LogP contribution in [0.5, 0.6) is 0 Å². The normalized spacial score (nSPS) is 43.0. The fourth-order valence-electron chi connectivity index (χ4n) is 5.10. The average Bonchev–Trinajstić information content (AvgIpc) is 2.30. The number of nitrogens with one attached hydrogen (secondary N) is 2. The van der Waals surface area contributed by atoms with Gasteiger partial charge in [0.25, 0.3) is 0 Å². The third-order valence-electron chi connectivity index (χ3n) is 6.07.